The summed E-state index contributed by atoms with van der Waals surface area (Å²) in [7, 11) is 0. The lowest BCUT2D eigenvalue weighted by Crippen LogP contribution is -2.39. The molecule has 0 spiro atoms. The van der Waals surface area contributed by atoms with E-state index in [2.05, 4.69) is 15.6 Å². The Morgan fingerprint density at radius 2 is 2.00 bits per heavy atom. The predicted octanol–water partition coefficient (Wildman–Crippen LogP) is 4.19. The van der Waals surface area contributed by atoms with Crippen molar-refractivity contribution in [1.82, 2.24) is 4.98 Å². The molecule has 136 valence electrons. The Hall–Kier alpha value is -2.90. The van der Waals surface area contributed by atoms with Gasteiger partial charge in [-0.2, -0.15) is 0 Å². The molecule has 1 unspecified atom stereocenters. The van der Waals surface area contributed by atoms with Crippen LogP contribution >= 0.6 is 22.9 Å². The molecule has 1 aliphatic heterocycles. The number of amides is 2. The summed E-state index contributed by atoms with van der Waals surface area (Å²) in [5, 5.41) is 8.41. The van der Waals surface area contributed by atoms with Gasteiger partial charge in [-0.25, -0.2) is 4.98 Å². The molecule has 0 radical (unpaired) electrons. The molecule has 4 rings (SSSR count). The number of hydrogen-bond acceptors (Lipinski definition) is 5. The highest BCUT2D eigenvalue weighted by Gasteiger charge is 2.29. The van der Waals surface area contributed by atoms with Crippen LogP contribution in [0.4, 0.5) is 10.8 Å². The zero-order valence-electron chi connectivity index (χ0n) is 13.9. The first-order valence-electron chi connectivity index (χ1n) is 8.16. The van der Waals surface area contributed by atoms with Crippen molar-refractivity contribution in [3.05, 3.63) is 58.9 Å². The second-order valence-electron chi connectivity index (χ2n) is 5.89. The minimum atomic E-state index is -0.879. The molecule has 1 atom stereocenters. The molecule has 2 aromatic carbocycles. The van der Waals surface area contributed by atoms with Gasteiger partial charge in [-0.3, -0.25) is 9.59 Å². The van der Waals surface area contributed by atoms with Crippen LogP contribution in [0.2, 0.25) is 5.02 Å². The number of carbonyl (C=O) groups excluding carboxylic acids is 2. The summed E-state index contributed by atoms with van der Waals surface area (Å²) in [6.07, 6.45) is -0.980. The van der Waals surface area contributed by atoms with Crippen LogP contribution in [0.15, 0.2) is 53.9 Å². The molecule has 1 aliphatic rings. The number of rotatable bonds is 4. The van der Waals surface area contributed by atoms with Crippen LogP contribution in [0.3, 0.4) is 0 Å². The van der Waals surface area contributed by atoms with Gasteiger partial charge in [0.2, 0.25) is 5.91 Å². The lowest BCUT2D eigenvalue weighted by atomic mass is 10.1. The molecule has 0 bridgehead atoms. The molecule has 0 saturated carbocycles. The molecule has 1 aromatic heterocycles. The van der Waals surface area contributed by atoms with Gasteiger partial charge in [0, 0.05) is 16.0 Å². The Bertz CT molecular complexity index is 1000. The lowest BCUT2D eigenvalue weighted by Gasteiger charge is -2.25. The molecular formula is C19H14ClN3O3S. The number of nitrogens with zero attached hydrogens (tertiary/aromatic N) is 1. The van der Waals surface area contributed by atoms with Crippen molar-refractivity contribution >= 4 is 45.6 Å². The van der Waals surface area contributed by atoms with Crippen molar-refractivity contribution in [2.75, 3.05) is 10.6 Å². The zero-order chi connectivity index (χ0) is 18.8. The number of thiazole rings is 1. The maximum atomic E-state index is 12.3. The van der Waals surface area contributed by atoms with Gasteiger partial charge in [-0.05, 0) is 24.3 Å². The van der Waals surface area contributed by atoms with E-state index in [1.165, 1.54) is 11.3 Å². The molecular weight excluding hydrogens is 386 g/mol. The predicted molar refractivity (Wildman–Crippen MR) is 105 cm³/mol. The van der Waals surface area contributed by atoms with Gasteiger partial charge in [0.25, 0.3) is 5.91 Å². The highest BCUT2D eigenvalue weighted by atomic mass is 35.5. The number of ether oxygens (including phenoxy) is 1. The Labute approximate surface area is 164 Å². The number of anilines is 2. The van der Waals surface area contributed by atoms with Gasteiger partial charge in [0.05, 0.1) is 17.8 Å². The molecule has 6 nitrogen and oxygen atoms in total. The molecule has 0 fully saturated rings. The average molecular weight is 400 g/mol. The number of hydrogen-bond donors (Lipinski definition) is 2. The van der Waals surface area contributed by atoms with E-state index in [1.807, 2.05) is 17.5 Å². The van der Waals surface area contributed by atoms with E-state index in [1.54, 1.807) is 36.4 Å². The van der Waals surface area contributed by atoms with Crippen molar-refractivity contribution in [1.29, 1.82) is 0 Å². The van der Waals surface area contributed by atoms with E-state index in [0.29, 0.717) is 21.6 Å². The first-order chi connectivity index (χ1) is 13.1. The monoisotopic (exact) mass is 399 g/mol. The quantitative estimate of drug-likeness (QED) is 0.689. The fourth-order valence-corrected chi connectivity index (χ4v) is 3.51. The third kappa shape index (κ3) is 3.94. The minimum absolute atomic E-state index is 0.101. The summed E-state index contributed by atoms with van der Waals surface area (Å²) in [6.45, 7) is 0. The molecule has 2 heterocycles. The third-order valence-electron chi connectivity index (χ3n) is 3.97. The SMILES string of the molecule is O=C(CC1Oc2ccccc2NC1=O)Nc1nc(-c2ccc(Cl)cc2)cs1. The fraction of sp³-hybridized carbons (Fsp3) is 0.105. The molecule has 2 N–H and O–H groups in total. The number of benzene rings is 2. The van der Waals surface area contributed by atoms with Crippen molar-refractivity contribution in [2.24, 2.45) is 0 Å². The van der Waals surface area contributed by atoms with Gasteiger partial charge in [0.15, 0.2) is 11.2 Å². The average Bonchev–Trinajstić information content (AvgIpc) is 3.11. The summed E-state index contributed by atoms with van der Waals surface area (Å²) < 4.78 is 5.64. The molecule has 0 aliphatic carbocycles. The van der Waals surface area contributed by atoms with E-state index in [9.17, 15) is 9.59 Å². The van der Waals surface area contributed by atoms with Gasteiger partial charge in [-0.15, -0.1) is 11.3 Å². The molecule has 0 saturated heterocycles. The molecule has 2 amide bonds. The largest absolute Gasteiger partial charge is 0.478 e. The van der Waals surface area contributed by atoms with Crippen LogP contribution in [0, 0.1) is 0 Å². The number of aromatic nitrogens is 1. The summed E-state index contributed by atoms with van der Waals surface area (Å²) >= 11 is 7.20. The van der Waals surface area contributed by atoms with Crippen LogP contribution in [-0.2, 0) is 9.59 Å². The van der Waals surface area contributed by atoms with E-state index in [-0.39, 0.29) is 18.2 Å². The van der Waals surface area contributed by atoms with Gasteiger partial charge in [-0.1, -0.05) is 35.9 Å². The summed E-state index contributed by atoms with van der Waals surface area (Å²) in [5.74, 6) is -0.134. The van der Waals surface area contributed by atoms with E-state index in [4.69, 9.17) is 16.3 Å². The van der Waals surface area contributed by atoms with Gasteiger partial charge >= 0.3 is 0 Å². The minimum Gasteiger partial charge on any atom is -0.478 e. The third-order valence-corrected chi connectivity index (χ3v) is 4.98. The fourth-order valence-electron chi connectivity index (χ4n) is 2.65. The van der Waals surface area contributed by atoms with E-state index < -0.39 is 6.10 Å². The first-order valence-corrected chi connectivity index (χ1v) is 9.42. The van der Waals surface area contributed by atoms with E-state index in [0.717, 1.165) is 11.3 Å². The van der Waals surface area contributed by atoms with Crippen molar-refractivity contribution in [2.45, 2.75) is 12.5 Å². The van der Waals surface area contributed by atoms with Crippen LogP contribution in [0.5, 0.6) is 5.75 Å². The number of halogens is 1. The summed E-state index contributed by atoms with van der Waals surface area (Å²) in [4.78, 5) is 28.8. The Kier molecular flexibility index (Phi) is 4.79. The molecule has 27 heavy (non-hydrogen) atoms. The lowest BCUT2D eigenvalue weighted by molar-refractivity contribution is -0.128. The summed E-state index contributed by atoms with van der Waals surface area (Å²) in [6, 6.07) is 14.4. The Balaban J connectivity index is 1.40. The maximum absolute atomic E-state index is 12.3. The molecule has 8 heteroatoms. The number of para-hydroxylation sites is 2. The number of nitrogens with one attached hydrogen (secondary N) is 2. The van der Waals surface area contributed by atoms with Crippen molar-refractivity contribution < 1.29 is 14.3 Å². The second kappa shape index (κ2) is 7.38. The van der Waals surface area contributed by atoms with Gasteiger partial charge in [0.1, 0.15) is 5.75 Å². The van der Waals surface area contributed by atoms with Crippen LogP contribution in [0.1, 0.15) is 6.42 Å². The highest BCUT2D eigenvalue weighted by Crippen LogP contribution is 2.30. The van der Waals surface area contributed by atoms with Crippen molar-refractivity contribution in [3.63, 3.8) is 0 Å². The number of fused-ring (bicyclic) bond motifs is 1. The topological polar surface area (TPSA) is 80.3 Å². The zero-order valence-corrected chi connectivity index (χ0v) is 15.5. The Morgan fingerprint density at radius 1 is 1.22 bits per heavy atom. The smallest absolute Gasteiger partial charge is 0.266 e. The van der Waals surface area contributed by atoms with Crippen LogP contribution in [0.25, 0.3) is 11.3 Å². The Morgan fingerprint density at radius 3 is 2.81 bits per heavy atom. The maximum Gasteiger partial charge on any atom is 0.266 e. The highest BCUT2D eigenvalue weighted by molar-refractivity contribution is 7.14. The second-order valence-corrected chi connectivity index (χ2v) is 7.18. The standard InChI is InChI=1S/C19H14ClN3O3S/c20-12-7-5-11(6-8-12)14-10-27-19(22-14)23-17(24)9-16-18(25)21-13-3-1-2-4-15(13)26-16/h1-8,10,16H,9H2,(H,21,25)(H,22,23,24). The number of carbonyl (C=O) groups is 2. The normalized spacial score (nSPS) is 15.4. The van der Waals surface area contributed by atoms with E-state index >= 15 is 0 Å². The van der Waals surface area contributed by atoms with Crippen LogP contribution < -0.4 is 15.4 Å². The summed E-state index contributed by atoms with van der Waals surface area (Å²) in [5.41, 5.74) is 2.25. The first kappa shape index (κ1) is 17.5. The van der Waals surface area contributed by atoms with Gasteiger partial charge < -0.3 is 15.4 Å². The molecule has 3 aromatic rings. The van der Waals surface area contributed by atoms with Crippen LogP contribution in [-0.4, -0.2) is 22.9 Å². The van der Waals surface area contributed by atoms with Crippen molar-refractivity contribution in [3.8, 4) is 17.0 Å².